The van der Waals surface area contributed by atoms with E-state index in [1.54, 1.807) is 0 Å². The predicted octanol–water partition coefficient (Wildman–Crippen LogP) is 3.20. The van der Waals surface area contributed by atoms with Gasteiger partial charge in [0.25, 0.3) is 0 Å². The summed E-state index contributed by atoms with van der Waals surface area (Å²) in [5, 5.41) is 10.0. The van der Waals surface area contributed by atoms with Crippen molar-refractivity contribution in [2.45, 2.75) is 33.3 Å². The first kappa shape index (κ1) is 18.0. The van der Waals surface area contributed by atoms with Gasteiger partial charge in [0.15, 0.2) is 0 Å². The molecule has 1 unspecified atom stereocenters. The van der Waals surface area contributed by atoms with E-state index in [4.69, 9.17) is 14.2 Å². The number of rotatable bonds is 11. The first-order valence-corrected chi connectivity index (χ1v) is 7.69. The quantitative estimate of drug-likeness (QED) is 0.637. The molecule has 1 aromatic rings. The van der Waals surface area contributed by atoms with Crippen LogP contribution in [0.15, 0.2) is 24.3 Å². The van der Waals surface area contributed by atoms with Gasteiger partial charge in [0.1, 0.15) is 11.9 Å². The maximum Gasteiger partial charge on any atom is 0.119 e. The van der Waals surface area contributed by atoms with Gasteiger partial charge in [0.2, 0.25) is 0 Å². The molecule has 0 saturated heterocycles. The van der Waals surface area contributed by atoms with Gasteiger partial charge < -0.3 is 19.3 Å². The van der Waals surface area contributed by atoms with Crippen LogP contribution in [-0.2, 0) is 9.47 Å². The van der Waals surface area contributed by atoms with Crippen LogP contribution in [0.4, 0.5) is 0 Å². The molecule has 0 aliphatic rings. The minimum absolute atomic E-state index is 0.278. The molecule has 0 aliphatic heterocycles. The van der Waals surface area contributed by atoms with Crippen molar-refractivity contribution < 1.29 is 19.3 Å². The summed E-state index contributed by atoms with van der Waals surface area (Å²) in [4.78, 5) is 0. The highest BCUT2D eigenvalue weighted by atomic mass is 16.5. The van der Waals surface area contributed by atoms with Gasteiger partial charge in [-0.1, -0.05) is 32.9 Å². The Morgan fingerprint density at radius 2 is 1.57 bits per heavy atom. The van der Waals surface area contributed by atoms with Crippen molar-refractivity contribution in [2.24, 2.45) is 5.92 Å². The predicted molar refractivity (Wildman–Crippen MR) is 83.7 cm³/mol. The Labute approximate surface area is 128 Å². The maximum absolute atomic E-state index is 10.0. The van der Waals surface area contributed by atoms with Crippen molar-refractivity contribution in [3.8, 4) is 5.75 Å². The van der Waals surface area contributed by atoms with Gasteiger partial charge in [0, 0.05) is 6.61 Å². The summed E-state index contributed by atoms with van der Waals surface area (Å²) >= 11 is 0. The third kappa shape index (κ3) is 8.05. The Morgan fingerprint density at radius 1 is 0.952 bits per heavy atom. The van der Waals surface area contributed by atoms with E-state index in [0.29, 0.717) is 25.7 Å². The van der Waals surface area contributed by atoms with E-state index in [1.165, 1.54) is 0 Å². The molecule has 1 atom stereocenters. The van der Waals surface area contributed by atoms with Gasteiger partial charge in [-0.3, -0.25) is 0 Å². The molecular formula is C17H28O4. The van der Waals surface area contributed by atoms with E-state index in [0.717, 1.165) is 24.3 Å². The Balaban J connectivity index is 2.20. The van der Waals surface area contributed by atoms with Crippen LogP contribution in [0.1, 0.15) is 38.9 Å². The second-order valence-corrected chi connectivity index (χ2v) is 5.48. The fourth-order valence-electron chi connectivity index (χ4n) is 1.73. The van der Waals surface area contributed by atoms with Crippen LogP contribution < -0.4 is 4.74 Å². The molecule has 0 aliphatic carbocycles. The van der Waals surface area contributed by atoms with Crippen LogP contribution in [0.3, 0.4) is 0 Å². The smallest absolute Gasteiger partial charge is 0.119 e. The first-order chi connectivity index (χ1) is 10.1. The zero-order valence-corrected chi connectivity index (χ0v) is 13.4. The largest absolute Gasteiger partial charge is 0.494 e. The Hall–Kier alpha value is -1.10. The monoisotopic (exact) mass is 296 g/mol. The molecule has 0 radical (unpaired) electrons. The van der Waals surface area contributed by atoms with Crippen LogP contribution in [-0.4, -0.2) is 38.1 Å². The molecule has 1 aromatic carbocycles. The normalized spacial score (nSPS) is 12.6. The fourth-order valence-corrected chi connectivity index (χ4v) is 1.73. The van der Waals surface area contributed by atoms with Gasteiger partial charge in [-0.25, -0.2) is 0 Å². The van der Waals surface area contributed by atoms with Gasteiger partial charge >= 0.3 is 0 Å². The lowest BCUT2D eigenvalue weighted by molar-refractivity contribution is -0.00123. The molecule has 1 N–H and O–H groups in total. The molecule has 21 heavy (non-hydrogen) atoms. The molecular weight excluding hydrogens is 268 g/mol. The summed E-state index contributed by atoms with van der Waals surface area (Å²) in [6, 6.07) is 7.49. The maximum atomic E-state index is 10.0. The summed E-state index contributed by atoms with van der Waals surface area (Å²) in [5.74, 6) is 1.36. The standard InChI is InChI=1S/C17H28O4/c1-4-9-21-16-7-5-15(6-8-16)17(18)13-20-11-10-19-12-14(2)3/h5-8,14,17-18H,4,9-13H2,1-3H3. The SMILES string of the molecule is CCCOc1ccc(C(O)COCCOCC(C)C)cc1. The summed E-state index contributed by atoms with van der Waals surface area (Å²) in [7, 11) is 0. The third-order valence-corrected chi connectivity index (χ3v) is 2.84. The van der Waals surface area contributed by atoms with Crippen molar-refractivity contribution >= 4 is 0 Å². The molecule has 0 bridgehead atoms. The minimum Gasteiger partial charge on any atom is -0.494 e. The van der Waals surface area contributed by atoms with Crippen molar-refractivity contribution in [1.82, 2.24) is 0 Å². The molecule has 1 rings (SSSR count). The van der Waals surface area contributed by atoms with E-state index in [9.17, 15) is 5.11 Å². The lowest BCUT2D eigenvalue weighted by Crippen LogP contribution is -2.12. The van der Waals surface area contributed by atoms with E-state index < -0.39 is 6.10 Å². The zero-order chi connectivity index (χ0) is 15.5. The summed E-state index contributed by atoms with van der Waals surface area (Å²) in [5.41, 5.74) is 0.835. The number of aliphatic hydroxyl groups is 1. The number of hydrogen-bond acceptors (Lipinski definition) is 4. The van der Waals surface area contributed by atoms with Gasteiger partial charge in [-0.15, -0.1) is 0 Å². The Morgan fingerprint density at radius 3 is 2.14 bits per heavy atom. The highest BCUT2D eigenvalue weighted by molar-refractivity contribution is 5.28. The van der Waals surface area contributed by atoms with E-state index in [2.05, 4.69) is 20.8 Å². The topological polar surface area (TPSA) is 47.9 Å². The highest BCUT2D eigenvalue weighted by Crippen LogP contribution is 2.18. The molecule has 0 amide bonds. The summed E-state index contributed by atoms with van der Waals surface area (Å²) < 4.78 is 16.3. The first-order valence-electron chi connectivity index (χ1n) is 7.69. The number of ether oxygens (including phenoxy) is 3. The summed E-state index contributed by atoms with van der Waals surface area (Å²) in [6.45, 7) is 9.08. The van der Waals surface area contributed by atoms with Crippen LogP contribution in [0, 0.1) is 5.92 Å². The second kappa shape index (κ2) is 10.6. The molecule has 120 valence electrons. The van der Waals surface area contributed by atoms with Crippen LogP contribution >= 0.6 is 0 Å². The molecule has 0 fully saturated rings. The van der Waals surface area contributed by atoms with Crippen LogP contribution in [0.2, 0.25) is 0 Å². The van der Waals surface area contributed by atoms with Crippen molar-refractivity contribution in [1.29, 1.82) is 0 Å². The van der Waals surface area contributed by atoms with Crippen molar-refractivity contribution in [2.75, 3.05) is 33.0 Å². The van der Waals surface area contributed by atoms with E-state index >= 15 is 0 Å². The third-order valence-electron chi connectivity index (χ3n) is 2.84. The van der Waals surface area contributed by atoms with Crippen LogP contribution in [0.5, 0.6) is 5.75 Å². The number of aliphatic hydroxyl groups excluding tert-OH is 1. The van der Waals surface area contributed by atoms with Crippen molar-refractivity contribution in [3.63, 3.8) is 0 Å². The van der Waals surface area contributed by atoms with Crippen LogP contribution in [0.25, 0.3) is 0 Å². The summed E-state index contributed by atoms with van der Waals surface area (Å²) in [6.07, 6.45) is 0.368. The minimum atomic E-state index is -0.615. The fraction of sp³-hybridized carbons (Fsp3) is 0.647. The van der Waals surface area contributed by atoms with Gasteiger partial charge in [-0.2, -0.15) is 0 Å². The van der Waals surface area contributed by atoms with Crippen molar-refractivity contribution in [3.05, 3.63) is 29.8 Å². The molecule has 4 heteroatoms. The highest BCUT2D eigenvalue weighted by Gasteiger charge is 2.07. The average Bonchev–Trinajstić information content (AvgIpc) is 2.48. The van der Waals surface area contributed by atoms with E-state index in [1.807, 2.05) is 24.3 Å². The average molecular weight is 296 g/mol. The van der Waals surface area contributed by atoms with E-state index in [-0.39, 0.29) is 6.61 Å². The van der Waals surface area contributed by atoms with Gasteiger partial charge in [0.05, 0.1) is 26.4 Å². The number of benzene rings is 1. The lowest BCUT2D eigenvalue weighted by atomic mass is 10.1. The molecule has 0 saturated carbocycles. The molecule has 0 heterocycles. The second-order valence-electron chi connectivity index (χ2n) is 5.48. The zero-order valence-electron chi connectivity index (χ0n) is 13.4. The van der Waals surface area contributed by atoms with Gasteiger partial charge in [-0.05, 0) is 30.0 Å². The Kier molecular flexibility index (Phi) is 9.06. The Bertz CT molecular complexity index is 362. The number of hydrogen-bond donors (Lipinski definition) is 1. The molecule has 0 aromatic heterocycles. The molecule has 4 nitrogen and oxygen atoms in total. The lowest BCUT2D eigenvalue weighted by Gasteiger charge is -2.13. The molecule has 0 spiro atoms.